The molecule has 2 heterocycles. The average molecular weight is 413 g/mol. The van der Waals surface area contributed by atoms with Crippen LogP contribution in [0.3, 0.4) is 0 Å². The zero-order valence-electron chi connectivity index (χ0n) is 15.1. The van der Waals surface area contributed by atoms with Crippen LogP contribution in [0, 0.1) is 0 Å². The zero-order valence-corrected chi connectivity index (χ0v) is 15.9. The first-order valence-corrected chi connectivity index (χ1v) is 10.4. The summed E-state index contributed by atoms with van der Waals surface area (Å²) in [6.45, 7) is 0.486. The molecule has 2 fully saturated rings. The maximum atomic E-state index is 12.6. The lowest BCUT2D eigenvalue weighted by molar-refractivity contribution is -0.141. The van der Waals surface area contributed by atoms with E-state index in [0.29, 0.717) is 19.4 Å². The molecule has 0 radical (unpaired) electrons. The Morgan fingerprint density at radius 1 is 1.25 bits per heavy atom. The number of urea groups is 1. The number of nitrogens with zero attached hydrogens (tertiary/aromatic N) is 2. The van der Waals surface area contributed by atoms with E-state index in [2.05, 4.69) is 5.48 Å². The van der Waals surface area contributed by atoms with Gasteiger partial charge in [-0.1, -0.05) is 30.3 Å². The standard InChI is InChI=1S/C16H23N5O6S/c17-28(24,25)18-8-9-26-19-15(22)14-7-6-13-10-20(14)16(23)21(13)27-11-12-4-2-1-3-5-12/h1-5,13-14,18H,6-11H2,(H,19,22)(H2,17,24,25)/t13-,14-/m0/s1. The molecule has 2 atom stereocenters. The van der Waals surface area contributed by atoms with Gasteiger partial charge in [-0.2, -0.15) is 13.5 Å². The highest BCUT2D eigenvalue weighted by atomic mass is 32.2. The molecule has 1 aromatic carbocycles. The van der Waals surface area contributed by atoms with Crippen molar-refractivity contribution in [3.8, 4) is 0 Å². The van der Waals surface area contributed by atoms with Crippen molar-refractivity contribution in [1.29, 1.82) is 0 Å². The molecule has 2 saturated heterocycles. The number of nitrogens with two attached hydrogens (primary N) is 1. The minimum absolute atomic E-state index is 0.0877. The lowest BCUT2D eigenvalue weighted by Crippen LogP contribution is -2.50. The number of hydrogen-bond acceptors (Lipinski definition) is 6. The Labute approximate surface area is 162 Å². The summed E-state index contributed by atoms with van der Waals surface area (Å²) in [5.74, 6) is -0.465. The normalized spacial score (nSPS) is 21.8. The molecule has 4 N–H and O–H groups in total. The summed E-state index contributed by atoms with van der Waals surface area (Å²) in [4.78, 5) is 37.1. The number of nitrogens with one attached hydrogen (secondary N) is 2. The first kappa shape index (κ1) is 20.5. The molecule has 0 spiro atoms. The van der Waals surface area contributed by atoms with Crippen molar-refractivity contribution in [2.75, 3.05) is 19.7 Å². The van der Waals surface area contributed by atoms with Crippen LogP contribution in [0.4, 0.5) is 4.79 Å². The van der Waals surface area contributed by atoms with Gasteiger partial charge in [0.25, 0.3) is 16.1 Å². The largest absolute Gasteiger partial charge is 0.345 e. The summed E-state index contributed by atoms with van der Waals surface area (Å²) in [6.07, 6.45) is 1.11. The van der Waals surface area contributed by atoms with Gasteiger partial charge in [0.2, 0.25) is 0 Å². The van der Waals surface area contributed by atoms with Gasteiger partial charge in [-0.15, -0.1) is 0 Å². The van der Waals surface area contributed by atoms with E-state index in [9.17, 15) is 18.0 Å². The third-order valence-corrected chi connectivity index (χ3v) is 5.13. The van der Waals surface area contributed by atoms with E-state index < -0.39 is 22.2 Å². The zero-order chi connectivity index (χ0) is 20.1. The van der Waals surface area contributed by atoms with E-state index in [-0.39, 0.29) is 31.8 Å². The molecule has 12 heteroatoms. The highest BCUT2D eigenvalue weighted by molar-refractivity contribution is 7.87. The van der Waals surface area contributed by atoms with Crippen molar-refractivity contribution >= 4 is 22.1 Å². The molecule has 3 amide bonds. The predicted octanol–water partition coefficient (Wildman–Crippen LogP) is -0.772. The third-order valence-electron chi connectivity index (χ3n) is 4.52. The number of piperidine rings is 1. The Morgan fingerprint density at radius 2 is 2.00 bits per heavy atom. The van der Waals surface area contributed by atoms with E-state index in [0.717, 1.165) is 5.56 Å². The van der Waals surface area contributed by atoms with Gasteiger partial charge in [0.05, 0.1) is 12.6 Å². The summed E-state index contributed by atoms with van der Waals surface area (Å²) < 4.78 is 23.5. The first-order valence-electron chi connectivity index (χ1n) is 8.81. The number of carbonyl (C=O) groups excluding carboxylic acids is 2. The molecule has 2 bridgehead atoms. The van der Waals surface area contributed by atoms with Crippen molar-refractivity contribution in [2.24, 2.45) is 5.14 Å². The van der Waals surface area contributed by atoms with Crippen molar-refractivity contribution in [3.05, 3.63) is 35.9 Å². The highest BCUT2D eigenvalue weighted by Gasteiger charge is 2.48. The number of rotatable bonds is 9. The summed E-state index contributed by atoms with van der Waals surface area (Å²) in [7, 11) is -3.81. The SMILES string of the molecule is NS(=O)(=O)NCCONC(=O)[C@@H]1CC[C@H]2CN1C(=O)N2OCc1ccccc1. The van der Waals surface area contributed by atoms with E-state index in [1.165, 1.54) is 9.96 Å². The van der Waals surface area contributed by atoms with Crippen molar-refractivity contribution in [3.63, 3.8) is 0 Å². The first-order chi connectivity index (χ1) is 13.3. The average Bonchev–Trinajstić information content (AvgIpc) is 2.90. The molecule has 2 aliphatic rings. The van der Waals surface area contributed by atoms with Crippen LogP contribution in [0.25, 0.3) is 0 Å². The Bertz CT molecular complexity index is 805. The van der Waals surface area contributed by atoms with Crippen LogP contribution in [0.15, 0.2) is 30.3 Å². The number of carbonyl (C=O) groups is 2. The fraction of sp³-hybridized carbons (Fsp3) is 0.500. The number of amides is 3. The lowest BCUT2D eigenvalue weighted by Gasteiger charge is -2.28. The monoisotopic (exact) mass is 413 g/mol. The van der Waals surface area contributed by atoms with E-state index in [4.69, 9.17) is 14.8 Å². The van der Waals surface area contributed by atoms with Gasteiger partial charge in [0.15, 0.2) is 0 Å². The second-order valence-corrected chi connectivity index (χ2v) is 7.90. The Morgan fingerprint density at radius 3 is 2.71 bits per heavy atom. The van der Waals surface area contributed by atoms with Crippen LogP contribution >= 0.6 is 0 Å². The number of benzene rings is 1. The second kappa shape index (κ2) is 8.84. The molecule has 28 heavy (non-hydrogen) atoms. The van der Waals surface area contributed by atoms with Crippen LogP contribution < -0.4 is 15.3 Å². The Balaban J connectivity index is 1.47. The minimum Gasteiger partial charge on any atom is -0.309 e. The summed E-state index contributed by atoms with van der Waals surface area (Å²) in [5.41, 5.74) is 3.19. The van der Waals surface area contributed by atoms with Crippen LogP contribution in [-0.2, 0) is 31.3 Å². The fourth-order valence-corrected chi connectivity index (χ4v) is 3.58. The molecule has 11 nitrogen and oxygen atoms in total. The van der Waals surface area contributed by atoms with Crippen LogP contribution in [0.5, 0.6) is 0 Å². The molecule has 2 aliphatic heterocycles. The lowest BCUT2D eigenvalue weighted by atomic mass is 10.0. The third kappa shape index (κ3) is 5.17. The molecule has 1 aromatic rings. The van der Waals surface area contributed by atoms with Crippen LogP contribution in [0.2, 0.25) is 0 Å². The molecular formula is C16H23N5O6S. The maximum Gasteiger partial charge on any atom is 0.345 e. The van der Waals surface area contributed by atoms with Gasteiger partial charge in [-0.25, -0.2) is 20.1 Å². The van der Waals surface area contributed by atoms with Gasteiger partial charge >= 0.3 is 6.03 Å². The van der Waals surface area contributed by atoms with Crippen LogP contribution in [-0.4, -0.2) is 62.1 Å². The summed E-state index contributed by atoms with van der Waals surface area (Å²) in [5, 5.41) is 6.13. The maximum absolute atomic E-state index is 12.6. The number of fused-ring (bicyclic) bond motifs is 2. The van der Waals surface area contributed by atoms with Gasteiger partial charge in [-0.05, 0) is 18.4 Å². The van der Waals surface area contributed by atoms with E-state index >= 15 is 0 Å². The second-order valence-electron chi connectivity index (χ2n) is 6.52. The molecule has 0 unspecified atom stereocenters. The molecular weight excluding hydrogens is 390 g/mol. The summed E-state index contributed by atoms with van der Waals surface area (Å²) in [6, 6.07) is 8.39. The quantitative estimate of drug-likeness (QED) is 0.358. The van der Waals surface area contributed by atoms with E-state index in [1.807, 2.05) is 35.1 Å². The van der Waals surface area contributed by atoms with Gasteiger partial charge in [0, 0.05) is 13.1 Å². The predicted molar refractivity (Wildman–Crippen MR) is 97.2 cm³/mol. The topological polar surface area (TPSA) is 143 Å². The molecule has 0 aliphatic carbocycles. The van der Waals surface area contributed by atoms with Gasteiger partial charge in [-0.3, -0.25) is 14.5 Å². The Hall–Kier alpha value is -2.25. The van der Waals surface area contributed by atoms with Gasteiger partial charge < -0.3 is 4.90 Å². The van der Waals surface area contributed by atoms with E-state index in [1.54, 1.807) is 0 Å². The van der Waals surface area contributed by atoms with Crippen molar-refractivity contribution in [1.82, 2.24) is 20.2 Å². The van der Waals surface area contributed by atoms with Gasteiger partial charge in [0.1, 0.15) is 12.6 Å². The minimum atomic E-state index is -3.81. The molecule has 3 rings (SSSR count). The smallest absolute Gasteiger partial charge is 0.309 e. The van der Waals surface area contributed by atoms with Crippen molar-refractivity contribution in [2.45, 2.75) is 31.5 Å². The van der Waals surface area contributed by atoms with Crippen LogP contribution in [0.1, 0.15) is 18.4 Å². The fourth-order valence-electron chi connectivity index (χ4n) is 3.21. The number of hydroxylamine groups is 3. The molecule has 0 aromatic heterocycles. The Kier molecular flexibility index (Phi) is 6.46. The summed E-state index contributed by atoms with van der Waals surface area (Å²) >= 11 is 0. The molecule has 0 saturated carbocycles. The number of hydrogen-bond donors (Lipinski definition) is 3. The molecule has 154 valence electrons. The van der Waals surface area contributed by atoms with Crippen molar-refractivity contribution < 1.29 is 27.7 Å². The highest BCUT2D eigenvalue weighted by Crippen LogP contribution is 2.30.